The first kappa shape index (κ1) is 27.7. The van der Waals surface area contributed by atoms with Crippen LogP contribution in [0.5, 0.6) is 0 Å². The van der Waals surface area contributed by atoms with E-state index in [1.54, 1.807) is 0 Å². The average Bonchev–Trinajstić information content (AvgIpc) is 3.56. The summed E-state index contributed by atoms with van der Waals surface area (Å²) >= 11 is 0. The van der Waals surface area contributed by atoms with E-state index in [1.165, 1.54) is 93.1 Å². The van der Waals surface area contributed by atoms with E-state index in [1.807, 2.05) is 0 Å². The van der Waals surface area contributed by atoms with E-state index in [-0.39, 0.29) is 0 Å². The number of hydrogen-bond acceptors (Lipinski definition) is 0. The summed E-state index contributed by atoms with van der Waals surface area (Å²) in [6.07, 6.45) is 0. The molecule has 1 aromatic heterocycles. The van der Waals surface area contributed by atoms with E-state index < -0.39 is 0 Å². The maximum absolute atomic E-state index is 3.81. The van der Waals surface area contributed by atoms with Crippen LogP contribution < -0.4 is 0 Å². The van der Waals surface area contributed by atoms with Crippen LogP contribution >= 0.6 is 0 Å². The second kappa shape index (κ2) is 11.1. The van der Waals surface area contributed by atoms with Crippen molar-refractivity contribution in [3.8, 4) is 44.5 Å². The Morgan fingerprint density at radius 1 is 0.286 bits per heavy atom. The van der Waals surface area contributed by atoms with Crippen LogP contribution in [0.25, 0.3) is 98.6 Å². The van der Waals surface area contributed by atoms with Gasteiger partial charge in [-0.05, 0) is 83.6 Å². The largest absolute Gasteiger partial charge is 0.354 e. The fraction of sp³-hybridized carbons (Fsp3) is 0. The zero-order valence-electron chi connectivity index (χ0n) is 26.8. The summed E-state index contributed by atoms with van der Waals surface area (Å²) in [6, 6.07) is 66.3. The summed E-state index contributed by atoms with van der Waals surface area (Å²) in [6.45, 7) is 0. The minimum Gasteiger partial charge on any atom is -0.354 e. The van der Waals surface area contributed by atoms with Crippen LogP contribution in [0, 0.1) is 0 Å². The Balaban J connectivity index is 1.21. The molecule has 0 fully saturated rings. The number of H-pyrrole nitrogens is 1. The highest BCUT2D eigenvalue weighted by Crippen LogP contribution is 2.45. The molecular weight excluding hydrogens is 591 g/mol. The van der Waals surface area contributed by atoms with Crippen LogP contribution in [0.3, 0.4) is 0 Å². The van der Waals surface area contributed by atoms with E-state index in [2.05, 4.69) is 187 Å². The Hall–Kier alpha value is -6.44. The third-order valence-electron chi connectivity index (χ3n) is 10.2. The van der Waals surface area contributed by atoms with E-state index in [0.29, 0.717) is 0 Å². The van der Waals surface area contributed by atoms with E-state index in [4.69, 9.17) is 0 Å². The highest BCUT2D eigenvalue weighted by Gasteiger charge is 2.18. The zero-order valence-corrected chi connectivity index (χ0v) is 26.8. The van der Waals surface area contributed by atoms with Crippen LogP contribution in [0.2, 0.25) is 0 Å². The Morgan fingerprint density at radius 2 is 0.735 bits per heavy atom. The van der Waals surface area contributed by atoms with Gasteiger partial charge in [-0.25, -0.2) is 0 Å². The molecule has 1 heteroatoms. The normalized spacial score (nSPS) is 11.7. The number of fused-ring (bicyclic) bond motifs is 7. The molecule has 0 aliphatic heterocycles. The summed E-state index contributed by atoms with van der Waals surface area (Å²) in [5.41, 5.74) is 12.3. The lowest BCUT2D eigenvalue weighted by Gasteiger charge is -2.18. The van der Waals surface area contributed by atoms with Gasteiger partial charge in [0, 0.05) is 21.7 Å². The number of hydrogen-bond donors (Lipinski definition) is 1. The molecule has 1 N–H and O–H groups in total. The van der Waals surface area contributed by atoms with Gasteiger partial charge in [-0.1, -0.05) is 170 Å². The molecule has 0 bridgehead atoms. The summed E-state index contributed by atoms with van der Waals surface area (Å²) in [7, 11) is 0. The molecule has 0 spiro atoms. The van der Waals surface area contributed by atoms with Gasteiger partial charge >= 0.3 is 0 Å². The Labute approximate surface area is 284 Å². The molecule has 0 saturated heterocycles. The van der Waals surface area contributed by atoms with Crippen LogP contribution in [-0.2, 0) is 0 Å². The molecule has 1 heterocycles. The fourth-order valence-corrected chi connectivity index (χ4v) is 8.05. The van der Waals surface area contributed by atoms with Crippen molar-refractivity contribution in [1.82, 2.24) is 4.98 Å². The van der Waals surface area contributed by atoms with Gasteiger partial charge in [0.05, 0.1) is 5.52 Å². The molecule has 10 aromatic rings. The number of nitrogens with one attached hydrogen (secondary N) is 1. The van der Waals surface area contributed by atoms with Crippen molar-refractivity contribution in [3.05, 3.63) is 182 Å². The first-order valence-corrected chi connectivity index (χ1v) is 16.9. The van der Waals surface area contributed by atoms with Gasteiger partial charge in [0.2, 0.25) is 0 Å². The summed E-state index contributed by atoms with van der Waals surface area (Å²) < 4.78 is 0. The van der Waals surface area contributed by atoms with Crippen LogP contribution in [0.4, 0.5) is 0 Å². The smallest absolute Gasteiger partial charge is 0.0551 e. The lowest BCUT2D eigenvalue weighted by molar-refractivity contribution is 1.56. The van der Waals surface area contributed by atoms with Crippen LogP contribution in [0.1, 0.15) is 0 Å². The van der Waals surface area contributed by atoms with Crippen molar-refractivity contribution in [2.75, 3.05) is 0 Å². The van der Waals surface area contributed by atoms with Crippen molar-refractivity contribution >= 4 is 54.1 Å². The molecule has 0 unspecified atom stereocenters. The standard InChI is InChI=1S/C48H31N/c1-3-14-31(15-4-1)42-30-43-36-18-11-12-25-44(36)49-48(43)47-35(23-13-24-41(42)47)32-26-28-34(29-27-32)46-39-21-9-7-19-37(39)45(33-16-5-2-6-17-33)38-20-8-10-22-40(38)46/h1-30,49H. The van der Waals surface area contributed by atoms with Crippen molar-refractivity contribution in [2.45, 2.75) is 0 Å². The van der Waals surface area contributed by atoms with Crippen molar-refractivity contribution in [2.24, 2.45) is 0 Å². The third kappa shape index (κ3) is 4.33. The molecule has 9 aromatic carbocycles. The van der Waals surface area contributed by atoms with Gasteiger partial charge in [-0.2, -0.15) is 0 Å². The molecule has 0 aliphatic rings. The topological polar surface area (TPSA) is 15.8 Å². The van der Waals surface area contributed by atoms with Crippen molar-refractivity contribution < 1.29 is 0 Å². The van der Waals surface area contributed by atoms with Crippen LogP contribution in [0.15, 0.2) is 182 Å². The molecule has 0 atom stereocenters. The Bertz CT molecular complexity index is 2790. The Morgan fingerprint density at radius 3 is 1.35 bits per heavy atom. The van der Waals surface area contributed by atoms with E-state index in [0.717, 1.165) is 5.52 Å². The lowest BCUT2D eigenvalue weighted by atomic mass is 9.85. The van der Waals surface area contributed by atoms with Gasteiger partial charge in [0.1, 0.15) is 0 Å². The second-order valence-corrected chi connectivity index (χ2v) is 12.9. The van der Waals surface area contributed by atoms with E-state index in [9.17, 15) is 0 Å². The molecule has 49 heavy (non-hydrogen) atoms. The van der Waals surface area contributed by atoms with Gasteiger partial charge < -0.3 is 4.98 Å². The first-order chi connectivity index (χ1) is 24.3. The van der Waals surface area contributed by atoms with Gasteiger partial charge in [-0.3, -0.25) is 0 Å². The molecule has 10 rings (SSSR count). The molecule has 0 saturated carbocycles. The number of rotatable bonds is 4. The average molecular weight is 622 g/mol. The lowest BCUT2D eigenvalue weighted by Crippen LogP contribution is -1.91. The first-order valence-electron chi connectivity index (χ1n) is 16.9. The maximum atomic E-state index is 3.81. The van der Waals surface area contributed by atoms with Gasteiger partial charge in [0.25, 0.3) is 0 Å². The molecule has 228 valence electrons. The number of para-hydroxylation sites is 1. The van der Waals surface area contributed by atoms with Gasteiger partial charge in [-0.15, -0.1) is 0 Å². The molecule has 0 amide bonds. The molecular formula is C48H31N. The fourth-order valence-electron chi connectivity index (χ4n) is 8.05. The molecule has 0 radical (unpaired) electrons. The molecule has 1 nitrogen and oxygen atoms in total. The van der Waals surface area contributed by atoms with E-state index >= 15 is 0 Å². The quantitative estimate of drug-likeness (QED) is 0.188. The number of aromatic nitrogens is 1. The predicted octanol–water partition coefficient (Wildman–Crippen LogP) is 13.4. The minimum atomic E-state index is 1.16. The third-order valence-corrected chi connectivity index (χ3v) is 10.2. The number of aromatic amines is 1. The Kier molecular flexibility index (Phi) is 6.25. The summed E-state index contributed by atoms with van der Waals surface area (Å²) in [4.78, 5) is 3.81. The predicted molar refractivity (Wildman–Crippen MR) is 210 cm³/mol. The molecule has 0 aliphatic carbocycles. The highest BCUT2D eigenvalue weighted by atomic mass is 14.7. The van der Waals surface area contributed by atoms with Crippen LogP contribution in [-0.4, -0.2) is 4.98 Å². The minimum absolute atomic E-state index is 1.16. The zero-order chi connectivity index (χ0) is 32.3. The summed E-state index contributed by atoms with van der Waals surface area (Å²) in [5, 5.41) is 10.1. The van der Waals surface area contributed by atoms with Crippen molar-refractivity contribution in [1.29, 1.82) is 0 Å². The maximum Gasteiger partial charge on any atom is 0.0551 e. The second-order valence-electron chi connectivity index (χ2n) is 12.9. The SMILES string of the molecule is c1ccc(-c2c3ccccc3c(-c3ccc(-c4cccc5c(-c6ccccc6)cc6c7ccccc7[nH]c6c45)cc3)c3ccccc23)cc1. The highest BCUT2D eigenvalue weighted by molar-refractivity contribution is 6.25. The van der Waals surface area contributed by atoms with Crippen molar-refractivity contribution in [3.63, 3.8) is 0 Å². The van der Waals surface area contributed by atoms with Gasteiger partial charge in [0.15, 0.2) is 0 Å². The monoisotopic (exact) mass is 621 g/mol. The summed E-state index contributed by atoms with van der Waals surface area (Å²) in [5.74, 6) is 0. The number of benzene rings is 9.